The van der Waals surface area contributed by atoms with Gasteiger partial charge in [-0.1, -0.05) is 35.8 Å². The molecular weight excluding hydrogens is 370 g/mol. The molecule has 0 amide bonds. The highest BCUT2D eigenvalue weighted by atomic mass is 35.5. The first-order chi connectivity index (χ1) is 13.3. The van der Waals surface area contributed by atoms with E-state index in [1.165, 1.54) is 22.8 Å². The molecule has 146 valence electrons. The van der Waals surface area contributed by atoms with Gasteiger partial charge in [-0.15, -0.1) is 12.4 Å². The van der Waals surface area contributed by atoms with Crippen LogP contribution in [0.4, 0.5) is 0 Å². The van der Waals surface area contributed by atoms with Gasteiger partial charge in [0, 0.05) is 35.8 Å². The number of hydrogen-bond donors (Lipinski definition) is 1. The number of aryl methyl sites for hydroxylation is 1. The lowest BCUT2D eigenvalue weighted by Crippen LogP contribution is -2.25. The van der Waals surface area contributed by atoms with Crippen molar-refractivity contribution in [2.45, 2.75) is 45.2 Å². The van der Waals surface area contributed by atoms with Crippen molar-refractivity contribution in [2.75, 3.05) is 0 Å². The lowest BCUT2D eigenvalue weighted by Gasteiger charge is -2.14. The van der Waals surface area contributed by atoms with E-state index < -0.39 is 0 Å². The highest BCUT2D eigenvalue weighted by molar-refractivity contribution is 5.85. The van der Waals surface area contributed by atoms with Crippen LogP contribution in [-0.4, -0.2) is 16.2 Å². The molecule has 4 rings (SSSR count). The van der Waals surface area contributed by atoms with Crippen molar-refractivity contribution >= 4 is 34.1 Å². The van der Waals surface area contributed by atoms with Gasteiger partial charge in [-0.25, -0.2) is 0 Å². The number of aromatic nitrogens is 2. The van der Waals surface area contributed by atoms with Crippen LogP contribution in [0.5, 0.6) is 0 Å². The Hall–Kier alpha value is -2.43. The van der Waals surface area contributed by atoms with E-state index in [4.69, 9.17) is 4.52 Å². The predicted molar refractivity (Wildman–Crippen MR) is 117 cm³/mol. The third-order valence-electron chi connectivity index (χ3n) is 5.11. The lowest BCUT2D eigenvalue weighted by molar-refractivity contribution is 0.441. The van der Waals surface area contributed by atoms with Crippen molar-refractivity contribution in [3.63, 3.8) is 0 Å². The SMILES string of the molecule is C[C@H](CCCCc1noc2ccccc12)NCc1ccc2cnccc2c1.Cl. The van der Waals surface area contributed by atoms with Crippen LogP contribution in [0.15, 0.2) is 65.4 Å². The Kier molecular flexibility index (Phi) is 7.01. The predicted octanol–water partition coefficient (Wildman–Crippen LogP) is 5.69. The Labute approximate surface area is 171 Å². The summed E-state index contributed by atoms with van der Waals surface area (Å²) in [5.74, 6) is 0. The van der Waals surface area contributed by atoms with Crippen LogP contribution in [0.1, 0.15) is 37.4 Å². The fourth-order valence-corrected chi connectivity index (χ4v) is 3.50. The number of halogens is 1. The maximum absolute atomic E-state index is 5.38. The number of pyridine rings is 1. The van der Waals surface area contributed by atoms with Gasteiger partial charge in [-0.2, -0.15) is 0 Å². The number of fused-ring (bicyclic) bond motifs is 2. The Morgan fingerprint density at radius 1 is 1.04 bits per heavy atom. The minimum Gasteiger partial charge on any atom is -0.356 e. The highest BCUT2D eigenvalue weighted by Crippen LogP contribution is 2.20. The maximum Gasteiger partial charge on any atom is 0.167 e. The minimum absolute atomic E-state index is 0. The van der Waals surface area contributed by atoms with E-state index in [0.29, 0.717) is 6.04 Å². The van der Waals surface area contributed by atoms with Gasteiger partial charge in [-0.3, -0.25) is 4.98 Å². The number of nitrogens with one attached hydrogen (secondary N) is 1. The molecule has 0 bridgehead atoms. The molecule has 0 fully saturated rings. The zero-order valence-electron chi connectivity index (χ0n) is 16.1. The van der Waals surface area contributed by atoms with Crippen molar-refractivity contribution in [3.8, 4) is 0 Å². The van der Waals surface area contributed by atoms with E-state index in [-0.39, 0.29) is 12.4 Å². The van der Waals surface area contributed by atoms with Crippen LogP contribution in [-0.2, 0) is 13.0 Å². The molecule has 0 spiro atoms. The molecule has 0 aliphatic carbocycles. The minimum atomic E-state index is 0. The Balaban J connectivity index is 0.00000225. The second-order valence-electron chi connectivity index (χ2n) is 7.21. The van der Waals surface area contributed by atoms with Crippen molar-refractivity contribution in [1.29, 1.82) is 0 Å². The standard InChI is InChI=1S/C23H25N3O.ClH/c1-17(25-15-18-10-11-20-16-24-13-12-19(20)14-18)6-2-4-8-22-21-7-3-5-9-23(21)27-26-22;/h3,5,7,9-14,16-17,25H,2,4,6,8,15H2,1H3;1H/t17-;/m1./s1. The van der Waals surface area contributed by atoms with Crippen molar-refractivity contribution in [2.24, 2.45) is 0 Å². The number of rotatable bonds is 8. The van der Waals surface area contributed by atoms with Gasteiger partial charge in [0.05, 0.1) is 5.69 Å². The van der Waals surface area contributed by atoms with Crippen molar-refractivity contribution in [1.82, 2.24) is 15.5 Å². The first kappa shape index (κ1) is 20.3. The quantitative estimate of drug-likeness (QED) is 0.389. The summed E-state index contributed by atoms with van der Waals surface area (Å²) in [5, 5.41) is 11.4. The van der Waals surface area contributed by atoms with E-state index in [1.54, 1.807) is 0 Å². The van der Waals surface area contributed by atoms with E-state index in [0.717, 1.165) is 42.5 Å². The molecule has 0 aliphatic heterocycles. The summed E-state index contributed by atoms with van der Waals surface area (Å²) in [6.45, 7) is 3.16. The van der Waals surface area contributed by atoms with Gasteiger partial charge in [-0.05, 0) is 61.4 Å². The monoisotopic (exact) mass is 395 g/mol. The Morgan fingerprint density at radius 3 is 2.86 bits per heavy atom. The number of nitrogens with zero attached hydrogens (tertiary/aromatic N) is 2. The average molecular weight is 396 g/mol. The van der Waals surface area contributed by atoms with E-state index >= 15 is 0 Å². The normalized spacial score (nSPS) is 12.2. The second-order valence-corrected chi connectivity index (χ2v) is 7.21. The smallest absolute Gasteiger partial charge is 0.167 e. The molecule has 2 aromatic heterocycles. The van der Waals surface area contributed by atoms with Crippen LogP contribution in [0, 0.1) is 0 Å². The fourth-order valence-electron chi connectivity index (χ4n) is 3.50. The Bertz CT molecular complexity index is 1030. The van der Waals surface area contributed by atoms with Crippen molar-refractivity contribution < 1.29 is 4.52 Å². The largest absolute Gasteiger partial charge is 0.356 e. The molecule has 1 N–H and O–H groups in total. The molecule has 0 saturated carbocycles. The third kappa shape index (κ3) is 4.89. The summed E-state index contributed by atoms with van der Waals surface area (Å²) in [6.07, 6.45) is 8.20. The van der Waals surface area contributed by atoms with Crippen LogP contribution in [0.25, 0.3) is 21.7 Å². The second kappa shape index (κ2) is 9.67. The van der Waals surface area contributed by atoms with Gasteiger partial charge in [0.2, 0.25) is 0 Å². The summed E-state index contributed by atoms with van der Waals surface area (Å²) in [5.41, 5.74) is 3.28. The van der Waals surface area contributed by atoms with Crippen molar-refractivity contribution in [3.05, 3.63) is 72.2 Å². The zero-order valence-corrected chi connectivity index (χ0v) is 16.9. The van der Waals surface area contributed by atoms with Gasteiger partial charge in [0.1, 0.15) is 0 Å². The molecule has 28 heavy (non-hydrogen) atoms. The van der Waals surface area contributed by atoms with E-state index in [9.17, 15) is 0 Å². The molecule has 2 heterocycles. The van der Waals surface area contributed by atoms with E-state index in [2.05, 4.69) is 52.7 Å². The Morgan fingerprint density at radius 2 is 1.93 bits per heavy atom. The average Bonchev–Trinajstić information content (AvgIpc) is 3.13. The summed E-state index contributed by atoms with van der Waals surface area (Å²) in [4.78, 5) is 4.17. The lowest BCUT2D eigenvalue weighted by atomic mass is 10.1. The van der Waals surface area contributed by atoms with Gasteiger partial charge in [0.25, 0.3) is 0 Å². The number of hydrogen-bond acceptors (Lipinski definition) is 4. The van der Waals surface area contributed by atoms with E-state index in [1.807, 2.05) is 30.6 Å². The zero-order chi connectivity index (χ0) is 18.5. The van der Waals surface area contributed by atoms with Crippen LogP contribution in [0.2, 0.25) is 0 Å². The van der Waals surface area contributed by atoms with Crippen LogP contribution in [0.3, 0.4) is 0 Å². The van der Waals surface area contributed by atoms with Crippen LogP contribution >= 0.6 is 12.4 Å². The van der Waals surface area contributed by atoms with Crippen LogP contribution < -0.4 is 5.32 Å². The highest BCUT2D eigenvalue weighted by Gasteiger charge is 2.08. The first-order valence-corrected chi connectivity index (χ1v) is 9.69. The third-order valence-corrected chi connectivity index (χ3v) is 5.11. The maximum atomic E-state index is 5.38. The molecule has 0 aliphatic rings. The summed E-state index contributed by atoms with van der Waals surface area (Å²) >= 11 is 0. The molecular formula is C23H26ClN3O. The first-order valence-electron chi connectivity index (χ1n) is 9.69. The molecule has 4 aromatic rings. The molecule has 4 nitrogen and oxygen atoms in total. The van der Waals surface area contributed by atoms with Gasteiger partial charge >= 0.3 is 0 Å². The van der Waals surface area contributed by atoms with Gasteiger partial charge < -0.3 is 9.84 Å². The molecule has 1 atom stereocenters. The number of unbranched alkanes of at least 4 members (excludes halogenated alkanes) is 1. The van der Waals surface area contributed by atoms with Gasteiger partial charge in [0.15, 0.2) is 5.58 Å². The summed E-state index contributed by atoms with van der Waals surface area (Å²) in [6, 6.07) is 17.2. The molecule has 2 aromatic carbocycles. The number of benzene rings is 2. The summed E-state index contributed by atoms with van der Waals surface area (Å²) in [7, 11) is 0. The number of para-hydroxylation sites is 1. The molecule has 0 saturated heterocycles. The summed E-state index contributed by atoms with van der Waals surface area (Å²) < 4.78 is 5.38. The molecule has 5 heteroatoms. The topological polar surface area (TPSA) is 51.0 Å². The fraction of sp³-hybridized carbons (Fsp3) is 0.304. The molecule has 0 unspecified atom stereocenters. The molecule has 0 radical (unpaired) electrons.